The van der Waals surface area contributed by atoms with E-state index in [0.29, 0.717) is 17.6 Å². The van der Waals surface area contributed by atoms with Crippen LogP contribution in [0.4, 0.5) is 0 Å². The molecule has 1 aromatic carbocycles. The summed E-state index contributed by atoms with van der Waals surface area (Å²) >= 11 is 1.33. The maximum atomic E-state index is 12.0. The number of nitrogens with one attached hydrogen (secondary N) is 1. The van der Waals surface area contributed by atoms with Crippen LogP contribution in [0.1, 0.15) is 19.4 Å². The Morgan fingerprint density at radius 2 is 2.17 bits per heavy atom. The number of aromatic nitrogens is 4. The van der Waals surface area contributed by atoms with Gasteiger partial charge in [0.1, 0.15) is 5.75 Å². The van der Waals surface area contributed by atoms with E-state index in [0.717, 1.165) is 17.9 Å². The Balaban J connectivity index is 1.83. The number of ether oxygens (including phenoxy) is 1. The summed E-state index contributed by atoms with van der Waals surface area (Å²) in [5, 5.41) is 15.1. The molecule has 7 nitrogen and oxygen atoms in total. The SMILES string of the molecule is COc1ccccc1CNC(=O)CSc1nnnn1CC(C)C. The van der Waals surface area contributed by atoms with Crippen LogP contribution in [-0.4, -0.2) is 39.0 Å². The molecule has 0 aliphatic rings. The molecule has 0 aliphatic heterocycles. The fourth-order valence-electron chi connectivity index (χ4n) is 1.98. The van der Waals surface area contributed by atoms with Crippen LogP contribution in [0.5, 0.6) is 5.75 Å². The minimum Gasteiger partial charge on any atom is -0.496 e. The summed E-state index contributed by atoms with van der Waals surface area (Å²) in [7, 11) is 1.62. The molecule has 0 saturated heterocycles. The van der Waals surface area contributed by atoms with Gasteiger partial charge in [0.2, 0.25) is 11.1 Å². The lowest BCUT2D eigenvalue weighted by atomic mass is 10.2. The normalized spacial score (nSPS) is 10.8. The lowest BCUT2D eigenvalue weighted by Crippen LogP contribution is -2.25. The highest BCUT2D eigenvalue weighted by atomic mass is 32.2. The van der Waals surface area contributed by atoms with Crippen LogP contribution in [0, 0.1) is 5.92 Å². The van der Waals surface area contributed by atoms with Crippen molar-refractivity contribution >= 4 is 17.7 Å². The van der Waals surface area contributed by atoms with Crippen LogP contribution in [0.25, 0.3) is 0 Å². The molecule has 2 rings (SSSR count). The van der Waals surface area contributed by atoms with Crippen molar-refractivity contribution in [2.24, 2.45) is 5.92 Å². The fraction of sp³-hybridized carbons (Fsp3) is 0.467. The van der Waals surface area contributed by atoms with Gasteiger partial charge in [-0.2, -0.15) is 0 Å². The molecule has 8 heteroatoms. The summed E-state index contributed by atoms with van der Waals surface area (Å²) in [5.41, 5.74) is 0.943. The Kier molecular flexibility index (Phi) is 6.40. The van der Waals surface area contributed by atoms with E-state index in [1.807, 2.05) is 24.3 Å². The third-order valence-corrected chi connectivity index (χ3v) is 4.00. The van der Waals surface area contributed by atoms with E-state index in [1.54, 1.807) is 11.8 Å². The molecule has 124 valence electrons. The number of methoxy groups -OCH3 is 1. The Morgan fingerprint density at radius 1 is 1.39 bits per heavy atom. The number of tetrazole rings is 1. The molecule has 1 aromatic heterocycles. The summed E-state index contributed by atoms with van der Waals surface area (Å²) in [5.74, 6) is 1.41. The average Bonchev–Trinajstić information content (AvgIpc) is 2.97. The van der Waals surface area contributed by atoms with E-state index in [4.69, 9.17) is 4.74 Å². The summed E-state index contributed by atoms with van der Waals surface area (Å²) in [6, 6.07) is 7.61. The van der Waals surface area contributed by atoms with Crippen LogP contribution < -0.4 is 10.1 Å². The predicted molar refractivity (Wildman–Crippen MR) is 88.2 cm³/mol. The number of benzene rings is 1. The summed E-state index contributed by atoms with van der Waals surface area (Å²) in [4.78, 5) is 12.0. The summed E-state index contributed by atoms with van der Waals surface area (Å²) in [6.45, 7) is 5.35. The molecular weight excluding hydrogens is 314 g/mol. The molecule has 0 bridgehead atoms. The second kappa shape index (κ2) is 8.52. The highest BCUT2D eigenvalue weighted by Gasteiger charge is 2.11. The highest BCUT2D eigenvalue weighted by molar-refractivity contribution is 7.99. The Hall–Kier alpha value is -2.09. The van der Waals surface area contributed by atoms with Crippen molar-refractivity contribution in [3.8, 4) is 5.75 Å². The molecule has 0 aliphatic carbocycles. The number of carbonyl (C=O) groups is 1. The van der Waals surface area contributed by atoms with Crippen molar-refractivity contribution in [3.05, 3.63) is 29.8 Å². The molecule has 1 N–H and O–H groups in total. The first-order valence-corrected chi connectivity index (χ1v) is 8.36. The summed E-state index contributed by atoms with van der Waals surface area (Å²) in [6.07, 6.45) is 0. The van der Waals surface area contributed by atoms with Gasteiger partial charge in [-0.3, -0.25) is 4.79 Å². The van der Waals surface area contributed by atoms with Crippen molar-refractivity contribution in [2.75, 3.05) is 12.9 Å². The molecule has 23 heavy (non-hydrogen) atoms. The van der Waals surface area contributed by atoms with Gasteiger partial charge in [-0.1, -0.05) is 43.8 Å². The molecule has 1 amide bonds. The number of nitrogens with zero attached hydrogens (tertiary/aromatic N) is 4. The molecule has 2 aromatic rings. The van der Waals surface area contributed by atoms with Gasteiger partial charge in [0.05, 0.1) is 12.9 Å². The Morgan fingerprint density at radius 3 is 2.91 bits per heavy atom. The maximum Gasteiger partial charge on any atom is 0.230 e. The molecule has 0 unspecified atom stereocenters. The molecule has 0 fully saturated rings. The van der Waals surface area contributed by atoms with Gasteiger partial charge in [0.15, 0.2) is 0 Å². The smallest absolute Gasteiger partial charge is 0.230 e. The first-order chi connectivity index (χ1) is 11.1. The number of hydrogen-bond acceptors (Lipinski definition) is 6. The van der Waals surface area contributed by atoms with Crippen molar-refractivity contribution in [3.63, 3.8) is 0 Å². The standard InChI is InChI=1S/C15H21N5O2S/c1-11(2)9-20-15(17-18-19-20)23-10-14(21)16-8-12-6-4-5-7-13(12)22-3/h4-7,11H,8-10H2,1-3H3,(H,16,21). The molecule has 0 atom stereocenters. The van der Waals surface area contributed by atoms with Crippen LogP contribution in [0.3, 0.4) is 0 Å². The Labute approximate surface area is 139 Å². The molecule has 0 radical (unpaired) electrons. The van der Waals surface area contributed by atoms with Gasteiger partial charge in [-0.25, -0.2) is 4.68 Å². The first kappa shape index (κ1) is 17.3. The van der Waals surface area contributed by atoms with Gasteiger partial charge in [0, 0.05) is 18.7 Å². The summed E-state index contributed by atoms with van der Waals surface area (Å²) < 4.78 is 6.99. The van der Waals surface area contributed by atoms with Crippen LogP contribution >= 0.6 is 11.8 Å². The largest absolute Gasteiger partial charge is 0.496 e. The zero-order chi connectivity index (χ0) is 16.7. The number of hydrogen-bond donors (Lipinski definition) is 1. The van der Waals surface area contributed by atoms with Crippen molar-refractivity contribution in [1.29, 1.82) is 0 Å². The fourth-order valence-corrected chi connectivity index (χ4v) is 2.70. The van der Waals surface area contributed by atoms with Gasteiger partial charge >= 0.3 is 0 Å². The second-order valence-corrected chi connectivity index (χ2v) is 6.36. The molecule has 0 spiro atoms. The van der Waals surface area contributed by atoms with E-state index < -0.39 is 0 Å². The van der Waals surface area contributed by atoms with E-state index in [2.05, 4.69) is 34.7 Å². The van der Waals surface area contributed by atoms with E-state index in [9.17, 15) is 4.79 Å². The zero-order valence-electron chi connectivity index (χ0n) is 13.5. The lowest BCUT2D eigenvalue weighted by Gasteiger charge is -2.09. The van der Waals surface area contributed by atoms with Crippen LogP contribution in [0.15, 0.2) is 29.4 Å². The number of para-hydroxylation sites is 1. The average molecular weight is 335 g/mol. The van der Waals surface area contributed by atoms with Gasteiger partial charge in [-0.05, 0) is 22.4 Å². The second-order valence-electron chi connectivity index (χ2n) is 5.41. The van der Waals surface area contributed by atoms with Crippen LogP contribution in [-0.2, 0) is 17.9 Å². The minimum atomic E-state index is -0.0694. The molecular formula is C15H21N5O2S. The first-order valence-electron chi connectivity index (χ1n) is 7.37. The monoisotopic (exact) mass is 335 g/mol. The molecule has 1 heterocycles. The van der Waals surface area contributed by atoms with E-state index in [-0.39, 0.29) is 11.7 Å². The Bertz CT molecular complexity index is 644. The molecule has 0 saturated carbocycles. The van der Waals surface area contributed by atoms with Gasteiger partial charge in [0.25, 0.3) is 0 Å². The highest BCUT2D eigenvalue weighted by Crippen LogP contribution is 2.17. The predicted octanol–water partition coefficient (Wildman–Crippen LogP) is 1.75. The van der Waals surface area contributed by atoms with E-state index in [1.165, 1.54) is 11.8 Å². The van der Waals surface area contributed by atoms with Gasteiger partial charge in [-0.15, -0.1) is 5.10 Å². The third kappa shape index (κ3) is 5.24. The maximum absolute atomic E-state index is 12.0. The van der Waals surface area contributed by atoms with Crippen LogP contribution in [0.2, 0.25) is 0 Å². The van der Waals surface area contributed by atoms with Crippen molar-refractivity contribution in [1.82, 2.24) is 25.5 Å². The van der Waals surface area contributed by atoms with E-state index >= 15 is 0 Å². The number of rotatable bonds is 8. The lowest BCUT2D eigenvalue weighted by molar-refractivity contribution is -0.118. The third-order valence-electron chi connectivity index (χ3n) is 3.04. The van der Waals surface area contributed by atoms with Crippen molar-refractivity contribution in [2.45, 2.75) is 32.1 Å². The number of thioether (sulfide) groups is 1. The van der Waals surface area contributed by atoms with Crippen molar-refractivity contribution < 1.29 is 9.53 Å². The topological polar surface area (TPSA) is 81.9 Å². The number of carbonyl (C=O) groups excluding carboxylic acids is 1. The minimum absolute atomic E-state index is 0.0694. The van der Waals surface area contributed by atoms with Gasteiger partial charge < -0.3 is 10.1 Å². The number of amides is 1. The zero-order valence-corrected chi connectivity index (χ0v) is 14.3. The quantitative estimate of drug-likeness (QED) is 0.740.